The van der Waals surface area contributed by atoms with Crippen molar-refractivity contribution in [2.45, 2.75) is 13.5 Å². The monoisotopic (exact) mass is 253 g/mol. The SMILES string of the molecule is Cc1ccc(CNc2ccc(O)c(Cl)c2)s1. The molecule has 84 valence electrons. The Bertz CT molecular complexity index is 496. The Morgan fingerprint density at radius 3 is 2.75 bits per heavy atom. The van der Waals surface area contributed by atoms with E-state index in [1.165, 1.54) is 9.75 Å². The molecular weight excluding hydrogens is 242 g/mol. The second kappa shape index (κ2) is 4.76. The van der Waals surface area contributed by atoms with E-state index in [9.17, 15) is 5.11 Å². The summed E-state index contributed by atoms with van der Waals surface area (Å²) in [7, 11) is 0. The van der Waals surface area contributed by atoms with E-state index in [2.05, 4.69) is 24.4 Å². The number of halogens is 1. The minimum absolute atomic E-state index is 0.110. The van der Waals surface area contributed by atoms with Gasteiger partial charge in [-0.25, -0.2) is 0 Å². The molecule has 0 aliphatic heterocycles. The minimum Gasteiger partial charge on any atom is -0.506 e. The Hall–Kier alpha value is -1.19. The van der Waals surface area contributed by atoms with Crippen LogP contribution in [0.25, 0.3) is 0 Å². The molecule has 0 radical (unpaired) electrons. The zero-order valence-corrected chi connectivity index (χ0v) is 10.4. The average molecular weight is 254 g/mol. The topological polar surface area (TPSA) is 32.3 Å². The number of thiophene rings is 1. The predicted octanol–water partition coefficient (Wildman–Crippen LogP) is 4.03. The van der Waals surface area contributed by atoms with Crippen molar-refractivity contribution in [2.75, 3.05) is 5.32 Å². The number of aromatic hydroxyl groups is 1. The maximum absolute atomic E-state index is 9.27. The van der Waals surface area contributed by atoms with Gasteiger partial charge in [-0.3, -0.25) is 0 Å². The highest BCUT2D eigenvalue weighted by Gasteiger charge is 2.00. The van der Waals surface area contributed by atoms with Crippen molar-refractivity contribution in [2.24, 2.45) is 0 Å². The van der Waals surface area contributed by atoms with E-state index in [1.54, 1.807) is 23.5 Å². The molecule has 0 atom stereocenters. The van der Waals surface area contributed by atoms with E-state index >= 15 is 0 Å². The molecule has 4 heteroatoms. The summed E-state index contributed by atoms with van der Waals surface area (Å²) in [6.07, 6.45) is 0. The molecular formula is C12H12ClNOS. The van der Waals surface area contributed by atoms with Crippen molar-refractivity contribution < 1.29 is 5.11 Å². The first-order valence-corrected chi connectivity index (χ1v) is 6.12. The van der Waals surface area contributed by atoms with Crippen LogP contribution in [-0.2, 0) is 6.54 Å². The van der Waals surface area contributed by atoms with Gasteiger partial charge in [0.25, 0.3) is 0 Å². The normalized spacial score (nSPS) is 10.4. The van der Waals surface area contributed by atoms with Crippen molar-refractivity contribution >= 4 is 28.6 Å². The fourth-order valence-corrected chi connectivity index (χ4v) is 2.40. The number of phenolic OH excluding ortho intramolecular Hbond substituents is 1. The number of hydrogen-bond acceptors (Lipinski definition) is 3. The second-order valence-corrected chi connectivity index (χ2v) is 5.31. The molecule has 2 nitrogen and oxygen atoms in total. The fraction of sp³-hybridized carbons (Fsp3) is 0.167. The van der Waals surface area contributed by atoms with Gasteiger partial charge in [0.2, 0.25) is 0 Å². The van der Waals surface area contributed by atoms with Crippen molar-refractivity contribution in [3.8, 4) is 5.75 Å². The lowest BCUT2D eigenvalue weighted by Crippen LogP contribution is -1.96. The molecule has 0 aliphatic rings. The van der Waals surface area contributed by atoms with Gasteiger partial charge < -0.3 is 10.4 Å². The van der Waals surface area contributed by atoms with Gasteiger partial charge >= 0.3 is 0 Å². The summed E-state index contributed by atoms with van der Waals surface area (Å²) in [5, 5.41) is 12.9. The maximum atomic E-state index is 9.27. The van der Waals surface area contributed by atoms with Gasteiger partial charge in [0.05, 0.1) is 5.02 Å². The van der Waals surface area contributed by atoms with Crippen LogP contribution < -0.4 is 5.32 Å². The lowest BCUT2D eigenvalue weighted by atomic mass is 10.3. The molecule has 2 N–H and O–H groups in total. The number of anilines is 1. The quantitative estimate of drug-likeness (QED) is 0.810. The molecule has 0 unspecified atom stereocenters. The zero-order valence-electron chi connectivity index (χ0n) is 8.83. The van der Waals surface area contributed by atoms with E-state index in [4.69, 9.17) is 11.6 Å². The van der Waals surface area contributed by atoms with Gasteiger partial charge in [-0.05, 0) is 37.3 Å². The highest BCUT2D eigenvalue weighted by Crippen LogP contribution is 2.26. The van der Waals surface area contributed by atoms with E-state index in [1.807, 2.05) is 6.07 Å². The first kappa shape index (κ1) is 11.3. The lowest BCUT2D eigenvalue weighted by molar-refractivity contribution is 0.475. The van der Waals surface area contributed by atoms with Crippen LogP contribution in [0.4, 0.5) is 5.69 Å². The molecule has 2 aromatic rings. The molecule has 0 bridgehead atoms. The minimum atomic E-state index is 0.110. The number of nitrogens with one attached hydrogen (secondary N) is 1. The molecule has 2 rings (SSSR count). The average Bonchev–Trinajstić information content (AvgIpc) is 2.66. The van der Waals surface area contributed by atoms with Gasteiger partial charge in [0.1, 0.15) is 5.75 Å². The molecule has 0 spiro atoms. The van der Waals surface area contributed by atoms with E-state index in [0.29, 0.717) is 5.02 Å². The highest BCUT2D eigenvalue weighted by atomic mass is 35.5. The highest BCUT2D eigenvalue weighted by molar-refractivity contribution is 7.11. The van der Waals surface area contributed by atoms with Crippen molar-refractivity contribution in [1.82, 2.24) is 0 Å². The van der Waals surface area contributed by atoms with E-state index < -0.39 is 0 Å². The molecule has 0 saturated heterocycles. The van der Waals surface area contributed by atoms with Crippen LogP contribution in [0.3, 0.4) is 0 Å². The number of hydrogen-bond donors (Lipinski definition) is 2. The number of rotatable bonds is 3. The van der Waals surface area contributed by atoms with Gasteiger partial charge in [-0.15, -0.1) is 11.3 Å². The molecule has 0 fully saturated rings. The van der Waals surface area contributed by atoms with Crippen LogP contribution in [0.1, 0.15) is 9.75 Å². The Morgan fingerprint density at radius 2 is 2.12 bits per heavy atom. The molecule has 0 aliphatic carbocycles. The van der Waals surface area contributed by atoms with Crippen molar-refractivity contribution in [3.05, 3.63) is 45.1 Å². The summed E-state index contributed by atoms with van der Waals surface area (Å²) in [6, 6.07) is 9.32. The zero-order chi connectivity index (χ0) is 11.5. The molecule has 0 amide bonds. The number of benzene rings is 1. The lowest BCUT2D eigenvalue weighted by Gasteiger charge is -2.05. The maximum Gasteiger partial charge on any atom is 0.134 e. The van der Waals surface area contributed by atoms with Crippen molar-refractivity contribution in [1.29, 1.82) is 0 Å². The smallest absolute Gasteiger partial charge is 0.134 e. The van der Waals surface area contributed by atoms with Crippen LogP contribution in [-0.4, -0.2) is 5.11 Å². The molecule has 0 saturated carbocycles. The summed E-state index contributed by atoms with van der Waals surface area (Å²) in [5.74, 6) is 0.110. The largest absolute Gasteiger partial charge is 0.506 e. The van der Waals surface area contributed by atoms with Crippen molar-refractivity contribution in [3.63, 3.8) is 0 Å². The van der Waals surface area contributed by atoms with Gasteiger partial charge in [0, 0.05) is 22.0 Å². The number of aryl methyl sites for hydroxylation is 1. The third kappa shape index (κ3) is 2.68. The molecule has 1 aromatic carbocycles. The van der Waals surface area contributed by atoms with Crippen LogP contribution in [0.2, 0.25) is 5.02 Å². The Morgan fingerprint density at radius 1 is 1.31 bits per heavy atom. The summed E-state index contributed by atoms with van der Waals surface area (Å²) in [6.45, 7) is 2.87. The first-order valence-electron chi connectivity index (χ1n) is 4.93. The summed E-state index contributed by atoms with van der Waals surface area (Å²) >= 11 is 7.58. The summed E-state index contributed by atoms with van der Waals surface area (Å²) in [4.78, 5) is 2.59. The first-order chi connectivity index (χ1) is 7.65. The van der Waals surface area contributed by atoms with Crippen LogP contribution in [0.15, 0.2) is 30.3 Å². The fourth-order valence-electron chi connectivity index (χ4n) is 1.39. The van der Waals surface area contributed by atoms with Gasteiger partial charge in [0.15, 0.2) is 0 Å². The van der Waals surface area contributed by atoms with Crippen LogP contribution in [0, 0.1) is 6.92 Å². The van der Waals surface area contributed by atoms with Crippen LogP contribution >= 0.6 is 22.9 Å². The predicted molar refractivity (Wildman–Crippen MR) is 69.5 cm³/mol. The third-order valence-corrected chi connectivity index (χ3v) is 3.51. The van der Waals surface area contributed by atoms with Gasteiger partial charge in [-0.2, -0.15) is 0 Å². The summed E-state index contributed by atoms with van der Waals surface area (Å²) in [5.41, 5.74) is 0.911. The molecule has 1 heterocycles. The Balaban J connectivity index is 2.02. The number of phenols is 1. The summed E-state index contributed by atoms with van der Waals surface area (Å²) < 4.78 is 0. The Labute approximate surface area is 104 Å². The van der Waals surface area contributed by atoms with Gasteiger partial charge in [-0.1, -0.05) is 11.6 Å². The third-order valence-electron chi connectivity index (χ3n) is 2.21. The van der Waals surface area contributed by atoms with Crippen LogP contribution in [0.5, 0.6) is 5.75 Å². The molecule has 1 aromatic heterocycles. The Kier molecular flexibility index (Phi) is 3.36. The second-order valence-electron chi connectivity index (χ2n) is 3.53. The standard InChI is InChI=1S/C12H12ClNOS/c1-8-2-4-10(16-8)7-14-9-3-5-12(15)11(13)6-9/h2-6,14-15H,7H2,1H3. The molecule has 16 heavy (non-hydrogen) atoms. The van der Waals surface area contributed by atoms with E-state index in [-0.39, 0.29) is 5.75 Å². The van der Waals surface area contributed by atoms with E-state index in [0.717, 1.165) is 12.2 Å².